The molecule has 0 N–H and O–H groups in total. The number of hydrogen-bond acceptors (Lipinski definition) is 5. The summed E-state index contributed by atoms with van der Waals surface area (Å²) in [5.74, 6) is 0.180. The van der Waals surface area contributed by atoms with E-state index in [2.05, 4.69) is 15.1 Å². The van der Waals surface area contributed by atoms with Gasteiger partial charge in [-0.2, -0.15) is 18.3 Å². The highest BCUT2D eigenvalue weighted by molar-refractivity contribution is 6.30. The van der Waals surface area contributed by atoms with Crippen LogP contribution in [0.3, 0.4) is 0 Å². The van der Waals surface area contributed by atoms with Gasteiger partial charge in [-0.15, -0.1) is 0 Å². The monoisotopic (exact) mass is 542 g/mol. The predicted octanol–water partition coefficient (Wildman–Crippen LogP) is 4.92. The number of pyridine rings is 1. The third kappa shape index (κ3) is 4.30. The number of halogens is 4. The van der Waals surface area contributed by atoms with Gasteiger partial charge in [0.25, 0.3) is 5.91 Å². The summed E-state index contributed by atoms with van der Waals surface area (Å²) in [5.41, 5.74) is 1.71. The Balaban J connectivity index is 1.48. The maximum atomic E-state index is 14.0. The van der Waals surface area contributed by atoms with Crippen LogP contribution >= 0.6 is 11.6 Å². The normalized spacial score (nSPS) is 17.2. The Morgan fingerprint density at radius 1 is 1.18 bits per heavy atom. The van der Waals surface area contributed by atoms with Crippen molar-refractivity contribution < 1.29 is 22.7 Å². The van der Waals surface area contributed by atoms with Crippen molar-refractivity contribution in [3.8, 4) is 17.0 Å². The number of ether oxygens (including phenoxy) is 1. The molecule has 0 saturated heterocycles. The van der Waals surface area contributed by atoms with Crippen LogP contribution in [0.5, 0.6) is 5.88 Å². The molecule has 1 amide bonds. The number of aryl methyl sites for hydroxylation is 1. The van der Waals surface area contributed by atoms with Crippen LogP contribution in [0, 0.1) is 0 Å². The Morgan fingerprint density at radius 2 is 2.00 bits per heavy atom. The summed E-state index contributed by atoms with van der Waals surface area (Å²) in [6, 6.07) is 4.94. The van der Waals surface area contributed by atoms with Gasteiger partial charge in [-0.1, -0.05) is 11.6 Å². The number of aromatic nitrogens is 5. The van der Waals surface area contributed by atoms with E-state index in [-0.39, 0.29) is 17.5 Å². The lowest BCUT2D eigenvalue weighted by Gasteiger charge is -2.38. The molecule has 3 aromatic heterocycles. The maximum absolute atomic E-state index is 14.0. The predicted molar refractivity (Wildman–Crippen MR) is 132 cm³/mol. The van der Waals surface area contributed by atoms with Crippen LogP contribution < -0.4 is 4.74 Å². The van der Waals surface area contributed by atoms with E-state index >= 15 is 0 Å². The zero-order chi connectivity index (χ0) is 26.6. The average Bonchev–Trinajstić information content (AvgIpc) is 3.53. The summed E-state index contributed by atoms with van der Waals surface area (Å²) in [7, 11) is 1.45. The number of nitrogens with zero attached hydrogens (tertiary/aromatic N) is 6. The lowest BCUT2D eigenvalue weighted by molar-refractivity contribution is -0.140. The van der Waals surface area contributed by atoms with Gasteiger partial charge in [0.2, 0.25) is 5.88 Å². The zero-order valence-electron chi connectivity index (χ0n) is 20.2. The molecule has 0 spiro atoms. The van der Waals surface area contributed by atoms with E-state index in [1.165, 1.54) is 19.4 Å². The Hall–Kier alpha value is -3.86. The van der Waals surface area contributed by atoms with Crippen molar-refractivity contribution in [3.63, 3.8) is 0 Å². The average molecular weight is 543 g/mol. The van der Waals surface area contributed by atoms with Crippen molar-refractivity contribution in [1.29, 1.82) is 0 Å². The molecule has 196 valence electrons. The molecule has 12 heteroatoms. The van der Waals surface area contributed by atoms with Gasteiger partial charge >= 0.3 is 6.18 Å². The number of carbonyl (C=O) groups excluding carboxylic acids is 1. The first-order valence-electron chi connectivity index (χ1n) is 12.0. The minimum Gasteiger partial charge on any atom is -0.477 e. The van der Waals surface area contributed by atoms with E-state index in [0.717, 1.165) is 10.2 Å². The lowest BCUT2D eigenvalue weighted by Crippen LogP contribution is -2.42. The molecule has 0 bridgehead atoms. The van der Waals surface area contributed by atoms with Crippen molar-refractivity contribution >= 4 is 17.5 Å². The van der Waals surface area contributed by atoms with Crippen molar-refractivity contribution in [3.05, 3.63) is 82.3 Å². The first-order chi connectivity index (χ1) is 18.2. The molecule has 5 heterocycles. The fraction of sp³-hybridized carbons (Fsp3) is 0.308. The first kappa shape index (κ1) is 24.5. The number of fused-ring (bicyclic) bond motifs is 2. The molecule has 0 fully saturated rings. The van der Waals surface area contributed by atoms with Gasteiger partial charge in [0.1, 0.15) is 0 Å². The van der Waals surface area contributed by atoms with Gasteiger partial charge in [0, 0.05) is 68.0 Å². The van der Waals surface area contributed by atoms with Gasteiger partial charge < -0.3 is 14.2 Å². The van der Waals surface area contributed by atoms with Gasteiger partial charge in [-0.25, -0.2) is 9.97 Å². The number of alkyl halides is 3. The second-order valence-corrected chi connectivity index (χ2v) is 9.85. The molecule has 2 aliphatic rings. The Kier molecular flexibility index (Phi) is 5.90. The number of carbonyl (C=O) groups is 1. The summed E-state index contributed by atoms with van der Waals surface area (Å²) >= 11 is 6.20. The molecule has 1 aromatic carbocycles. The highest BCUT2D eigenvalue weighted by atomic mass is 35.5. The number of benzene rings is 1. The topological polar surface area (TPSA) is 78.1 Å². The van der Waals surface area contributed by atoms with Crippen LogP contribution in [-0.4, -0.2) is 48.3 Å². The molecular weight excluding hydrogens is 521 g/mol. The van der Waals surface area contributed by atoms with E-state index in [1.807, 2.05) is 0 Å². The van der Waals surface area contributed by atoms with Crippen LogP contribution in [0.25, 0.3) is 11.1 Å². The summed E-state index contributed by atoms with van der Waals surface area (Å²) in [6.45, 7) is 1.06. The van der Waals surface area contributed by atoms with E-state index in [0.29, 0.717) is 65.7 Å². The van der Waals surface area contributed by atoms with Gasteiger partial charge in [-0.3, -0.25) is 9.48 Å². The molecule has 6 rings (SSSR count). The minimum atomic E-state index is -4.65. The van der Waals surface area contributed by atoms with Gasteiger partial charge in [0.15, 0.2) is 5.69 Å². The van der Waals surface area contributed by atoms with Crippen LogP contribution in [0.4, 0.5) is 13.2 Å². The molecule has 8 nitrogen and oxygen atoms in total. The van der Waals surface area contributed by atoms with Crippen LogP contribution in [0.2, 0.25) is 5.02 Å². The second-order valence-electron chi connectivity index (χ2n) is 9.42. The minimum absolute atomic E-state index is 0.0441. The summed E-state index contributed by atoms with van der Waals surface area (Å²) < 4.78 is 50.5. The molecular formula is C26H22ClF3N6O2. The second kappa shape index (κ2) is 9.16. The maximum Gasteiger partial charge on any atom is 0.435 e. The van der Waals surface area contributed by atoms with Crippen LogP contribution in [0.15, 0.2) is 49.3 Å². The summed E-state index contributed by atoms with van der Waals surface area (Å²) in [5, 5.41) is 4.14. The smallest absolute Gasteiger partial charge is 0.435 e. The fourth-order valence-electron chi connectivity index (χ4n) is 5.34. The SMILES string of the molecule is Cn1cc(-c2cc(Cn3ccnc3)cc3c2CCN(C2CCOc4ncc(Cl)cc42)C3=O)c(C(F)(F)F)n1. The standard InChI is InChI=1S/C26H22ClF3N6O2/c1-34-13-21(23(33-34)26(28,29)30)18-8-15(12-35-6-4-31-14-35)9-19-17(18)2-5-36(25(19)37)22-3-7-38-24-20(22)10-16(27)11-32-24/h4,6,8-11,13-14,22H,2-3,5,7,12H2,1H3. The molecule has 0 aliphatic carbocycles. The van der Waals surface area contributed by atoms with Crippen LogP contribution in [-0.2, 0) is 26.2 Å². The van der Waals surface area contributed by atoms with E-state index in [9.17, 15) is 18.0 Å². The molecule has 4 aromatic rings. The van der Waals surface area contributed by atoms with E-state index in [1.54, 1.807) is 46.4 Å². The molecule has 2 aliphatic heterocycles. The molecule has 38 heavy (non-hydrogen) atoms. The van der Waals surface area contributed by atoms with Crippen molar-refractivity contribution in [2.75, 3.05) is 13.2 Å². The van der Waals surface area contributed by atoms with E-state index in [4.69, 9.17) is 16.3 Å². The van der Waals surface area contributed by atoms with Crippen molar-refractivity contribution in [2.45, 2.75) is 31.6 Å². The summed E-state index contributed by atoms with van der Waals surface area (Å²) in [4.78, 5) is 24.1. The van der Waals surface area contributed by atoms with Crippen LogP contribution in [0.1, 0.15) is 45.2 Å². The summed E-state index contributed by atoms with van der Waals surface area (Å²) in [6.07, 6.45) is 4.15. The van der Waals surface area contributed by atoms with Crippen molar-refractivity contribution in [1.82, 2.24) is 29.2 Å². The third-order valence-corrected chi connectivity index (χ3v) is 7.13. The highest BCUT2D eigenvalue weighted by Gasteiger charge is 2.40. The quantitative estimate of drug-likeness (QED) is 0.366. The number of rotatable bonds is 4. The Labute approximate surface area is 220 Å². The number of amides is 1. The molecule has 1 unspecified atom stereocenters. The largest absolute Gasteiger partial charge is 0.477 e. The first-order valence-corrected chi connectivity index (χ1v) is 12.4. The molecule has 0 saturated carbocycles. The number of imidazole rings is 1. The zero-order valence-corrected chi connectivity index (χ0v) is 21.0. The lowest BCUT2D eigenvalue weighted by atomic mass is 9.86. The number of hydrogen-bond donors (Lipinski definition) is 0. The Bertz CT molecular complexity index is 1530. The third-order valence-electron chi connectivity index (χ3n) is 6.93. The van der Waals surface area contributed by atoms with E-state index < -0.39 is 11.9 Å². The Morgan fingerprint density at radius 3 is 2.76 bits per heavy atom. The van der Waals surface area contributed by atoms with Crippen molar-refractivity contribution in [2.24, 2.45) is 7.05 Å². The van der Waals surface area contributed by atoms with Gasteiger partial charge in [-0.05, 0) is 41.3 Å². The highest BCUT2D eigenvalue weighted by Crippen LogP contribution is 2.42. The fourth-order valence-corrected chi connectivity index (χ4v) is 5.51. The molecule has 1 atom stereocenters. The molecule has 0 radical (unpaired) electrons. The van der Waals surface area contributed by atoms with Gasteiger partial charge in [0.05, 0.1) is 24.0 Å².